The van der Waals surface area contributed by atoms with Crippen molar-refractivity contribution < 1.29 is 17.6 Å². The van der Waals surface area contributed by atoms with E-state index in [-0.39, 0.29) is 21.3 Å². The first-order valence-corrected chi connectivity index (χ1v) is 9.96. The molecule has 0 aliphatic rings. The maximum atomic E-state index is 13.5. The monoisotopic (exact) mass is 345 g/mol. The summed E-state index contributed by atoms with van der Waals surface area (Å²) in [6.07, 6.45) is -4.60. The fourth-order valence-corrected chi connectivity index (χ4v) is 3.70. The van der Waals surface area contributed by atoms with E-state index in [1.165, 1.54) is 0 Å². The van der Waals surface area contributed by atoms with E-state index in [1.807, 2.05) is 0 Å². The third kappa shape index (κ3) is 3.61. The van der Waals surface area contributed by atoms with E-state index in [0.29, 0.717) is 0 Å². The average Bonchev–Trinajstić information content (AvgIpc) is 2.21. The molecule has 0 amide bonds. The van der Waals surface area contributed by atoms with Crippen LogP contribution in [0.25, 0.3) is 0 Å². The molecule has 1 atom stereocenters. The van der Waals surface area contributed by atoms with Gasteiger partial charge in [0.15, 0.2) is 13.9 Å². The van der Waals surface area contributed by atoms with Gasteiger partial charge in [0.1, 0.15) is 0 Å². The summed E-state index contributed by atoms with van der Waals surface area (Å²) >= 11 is 11.7. The van der Waals surface area contributed by atoms with Gasteiger partial charge in [-0.25, -0.2) is 0 Å². The van der Waals surface area contributed by atoms with Crippen LogP contribution in [0.1, 0.15) is 12.5 Å². The van der Waals surface area contributed by atoms with Crippen LogP contribution in [0, 0.1) is 0 Å². The molecule has 0 bridgehead atoms. The Kier molecular flexibility index (Phi) is 4.76. The highest BCUT2D eigenvalue weighted by Crippen LogP contribution is 2.46. The predicted molar refractivity (Wildman–Crippen MR) is 78.7 cm³/mol. The first-order chi connectivity index (χ1) is 8.78. The molecule has 0 heterocycles. The zero-order valence-corrected chi connectivity index (χ0v) is 14.0. The Hall–Kier alpha value is -0.433. The maximum Gasteiger partial charge on any atom is 0.420 e. The molecule has 8 heteroatoms. The van der Waals surface area contributed by atoms with Crippen molar-refractivity contribution in [1.82, 2.24) is 0 Å². The highest BCUT2D eigenvalue weighted by atomic mass is 35.5. The predicted octanol–water partition coefficient (Wildman–Crippen LogP) is 5.20. The fraction of sp³-hybridized carbons (Fsp3) is 0.500. The minimum Gasteiger partial charge on any atom is -0.401 e. The van der Waals surface area contributed by atoms with Crippen molar-refractivity contribution in [2.75, 3.05) is 5.73 Å². The van der Waals surface area contributed by atoms with Gasteiger partial charge in [-0.1, -0.05) is 23.2 Å². The highest BCUT2D eigenvalue weighted by Gasteiger charge is 2.55. The van der Waals surface area contributed by atoms with E-state index in [4.69, 9.17) is 33.4 Å². The smallest absolute Gasteiger partial charge is 0.401 e. The lowest BCUT2D eigenvalue weighted by molar-refractivity contribution is -0.250. The highest BCUT2D eigenvalue weighted by molar-refractivity contribution is 6.69. The van der Waals surface area contributed by atoms with E-state index in [1.54, 1.807) is 19.6 Å². The lowest BCUT2D eigenvalue weighted by Gasteiger charge is -2.38. The SMILES string of the molecule is C[C@@](O[Si](C)(C)C)(c1cc(Cl)c(N)c(Cl)c1)C(F)(F)F. The van der Waals surface area contributed by atoms with Crippen molar-refractivity contribution in [3.8, 4) is 0 Å². The zero-order chi connectivity index (χ0) is 15.9. The Bertz CT molecular complexity index is 493. The van der Waals surface area contributed by atoms with Crippen LogP contribution in [-0.4, -0.2) is 14.5 Å². The molecule has 2 nitrogen and oxygen atoms in total. The van der Waals surface area contributed by atoms with Crippen molar-refractivity contribution in [3.63, 3.8) is 0 Å². The molecule has 0 spiro atoms. The second-order valence-corrected chi connectivity index (χ2v) is 10.8. The summed E-state index contributed by atoms with van der Waals surface area (Å²) in [5.41, 5.74) is 2.97. The molecule has 1 aromatic rings. The summed E-state index contributed by atoms with van der Waals surface area (Å²) in [4.78, 5) is 0. The van der Waals surface area contributed by atoms with E-state index in [2.05, 4.69) is 0 Å². The Morgan fingerprint density at radius 2 is 1.50 bits per heavy atom. The average molecular weight is 346 g/mol. The molecule has 0 fully saturated rings. The number of nitrogens with two attached hydrogens (primary N) is 1. The van der Waals surface area contributed by atoms with E-state index < -0.39 is 20.1 Å². The lowest BCUT2D eigenvalue weighted by Crippen LogP contribution is -2.48. The van der Waals surface area contributed by atoms with Crippen molar-refractivity contribution in [2.45, 2.75) is 38.3 Å². The number of benzene rings is 1. The first-order valence-electron chi connectivity index (χ1n) is 5.80. The van der Waals surface area contributed by atoms with E-state index >= 15 is 0 Å². The van der Waals surface area contributed by atoms with Crippen LogP contribution < -0.4 is 5.73 Å². The van der Waals surface area contributed by atoms with Gasteiger partial charge in [-0.15, -0.1) is 0 Å². The number of alkyl halides is 3. The van der Waals surface area contributed by atoms with Crippen molar-refractivity contribution >= 4 is 37.2 Å². The molecule has 0 saturated carbocycles. The van der Waals surface area contributed by atoms with E-state index in [9.17, 15) is 13.2 Å². The number of anilines is 1. The molecule has 20 heavy (non-hydrogen) atoms. The van der Waals surface area contributed by atoms with Gasteiger partial charge >= 0.3 is 6.18 Å². The van der Waals surface area contributed by atoms with Crippen molar-refractivity contribution in [3.05, 3.63) is 27.7 Å². The van der Waals surface area contributed by atoms with Gasteiger partial charge in [-0.3, -0.25) is 0 Å². The molecule has 1 aromatic carbocycles. The Labute approximate surface area is 127 Å². The van der Waals surface area contributed by atoms with Crippen LogP contribution in [0.4, 0.5) is 18.9 Å². The van der Waals surface area contributed by atoms with Crippen LogP contribution >= 0.6 is 23.2 Å². The number of halogens is 5. The molecule has 0 aromatic heterocycles. The van der Waals surface area contributed by atoms with Crippen LogP contribution in [0.5, 0.6) is 0 Å². The van der Waals surface area contributed by atoms with Gasteiger partial charge in [0.25, 0.3) is 0 Å². The molecular formula is C12H16Cl2F3NOSi. The number of hydrogen-bond donors (Lipinski definition) is 1. The zero-order valence-electron chi connectivity index (χ0n) is 11.5. The summed E-state index contributed by atoms with van der Waals surface area (Å²) in [7, 11) is -2.47. The molecule has 2 N–H and O–H groups in total. The summed E-state index contributed by atoms with van der Waals surface area (Å²) in [5, 5.41) is -0.0516. The first kappa shape index (κ1) is 17.6. The van der Waals surface area contributed by atoms with Gasteiger partial charge in [-0.2, -0.15) is 13.2 Å². The van der Waals surface area contributed by atoms with Gasteiger partial charge in [0, 0.05) is 0 Å². The summed E-state index contributed by atoms with van der Waals surface area (Å²) < 4.78 is 45.8. The Morgan fingerprint density at radius 1 is 1.10 bits per heavy atom. The van der Waals surface area contributed by atoms with Gasteiger partial charge in [0.2, 0.25) is 0 Å². The van der Waals surface area contributed by atoms with Gasteiger partial charge in [0.05, 0.1) is 15.7 Å². The van der Waals surface area contributed by atoms with Gasteiger partial charge < -0.3 is 10.2 Å². The molecule has 0 aliphatic heterocycles. The minimum absolute atomic E-state index is 0.0258. The maximum absolute atomic E-state index is 13.5. The van der Waals surface area contributed by atoms with E-state index in [0.717, 1.165) is 19.1 Å². The fourth-order valence-electron chi connectivity index (χ4n) is 1.75. The minimum atomic E-state index is -4.60. The van der Waals surface area contributed by atoms with Crippen molar-refractivity contribution in [1.29, 1.82) is 0 Å². The van der Waals surface area contributed by atoms with Crippen LogP contribution in [0.2, 0.25) is 29.7 Å². The molecule has 114 valence electrons. The molecule has 0 radical (unpaired) electrons. The molecule has 0 unspecified atom stereocenters. The largest absolute Gasteiger partial charge is 0.420 e. The third-order valence-corrected chi connectivity index (χ3v) is 4.33. The molecule has 0 aliphatic carbocycles. The number of nitrogen functional groups attached to an aromatic ring is 1. The normalized spacial score (nSPS) is 16.1. The quantitative estimate of drug-likeness (QED) is 0.603. The third-order valence-electron chi connectivity index (χ3n) is 2.68. The summed E-state index contributed by atoms with van der Waals surface area (Å²) in [6, 6.07) is 2.30. The second kappa shape index (κ2) is 5.40. The number of rotatable bonds is 3. The standard InChI is InChI=1S/C12H16Cl2F3NOSi/c1-11(12(15,16)17,19-20(2,3)4)7-5-8(13)10(18)9(14)6-7/h5-6H,18H2,1-4H3/t11-/m1/s1. The molecular weight excluding hydrogens is 330 g/mol. The van der Waals surface area contributed by atoms with Crippen molar-refractivity contribution in [2.24, 2.45) is 0 Å². The lowest BCUT2D eigenvalue weighted by atomic mass is 9.95. The Morgan fingerprint density at radius 3 is 1.80 bits per heavy atom. The van der Waals surface area contributed by atoms with Crippen LogP contribution in [-0.2, 0) is 10.0 Å². The van der Waals surface area contributed by atoms with Crippen LogP contribution in [0.3, 0.4) is 0 Å². The molecule has 0 saturated heterocycles. The number of hydrogen-bond acceptors (Lipinski definition) is 2. The Balaban J connectivity index is 3.47. The molecule has 1 rings (SSSR count). The summed E-state index contributed by atoms with van der Waals surface area (Å²) in [6.45, 7) is 6.01. The second-order valence-electron chi connectivity index (χ2n) is 5.60. The van der Waals surface area contributed by atoms with Gasteiger partial charge in [-0.05, 0) is 44.3 Å². The summed E-state index contributed by atoms with van der Waals surface area (Å²) in [5.74, 6) is 0. The van der Waals surface area contributed by atoms with Crippen LogP contribution in [0.15, 0.2) is 12.1 Å². The topological polar surface area (TPSA) is 35.2 Å².